The monoisotopic (exact) mass is 151 g/mol. The molecule has 4 heteroatoms. The Morgan fingerprint density at radius 3 is 2.91 bits per heavy atom. The van der Waals surface area contributed by atoms with Gasteiger partial charge in [-0.05, 0) is 18.2 Å². The van der Waals surface area contributed by atoms with E-state index in [-0.39, 0.29) is 5.82 Å². The molecule has 2 nitrogen and oxygen atoms in total. The van der Waals surface area contributed by atoms with Crippen molar-refractivity contribution in [2.75, 3.05) is 11.0 Å². The van der Waals surface area contributed by atoms with Gasteiger partial charge in [-0.2, -0.15) is 0 Å². The number of nitrogens with one attached hydrogen (secondary N) is 1. The first-order chi connectivity index (χ1) is 5.24. The van der Waals surface area contributed by atoms with Crippen LogP contribution in [0.4, 0.5) is 15.8 Å². The Labute approximate surface area is 65.9 Å². The first-order valence-electron chi connectivity index (χ1n) is 3.33. The van der Waals surface area contributed by atoms with Gasteiger partial charge in [-0.15, -0.1) is 0 Å². The molecule has 3 N–H and O–H groups in total. The SMILES string of the molecule is C[B]Nc1cc(N)ccc1F. The summed E-state index contributed by atoms with van der Waals surface area (Å²) in [5.41, 5.74) is 6.40. The van der Waals surface area contributed by atoms with E-state index in [2.05, 4.69) is 5.23 Å². The lowest BCUT2D eigenvalue weighted by Gasteiger charge is -2.04. The largest absolute Gasteiger partial charge is 0.430 e. The molecule has 11 heavy (non-hydrogen) atoms. The summed E-state index contributed by atoms with van der Waals surface area (Å²) in [6.07, 6.45) is 0. The lowest BCUT2D eigenvalue weighted by Crippen LogP contribution is -2.03. The van der Waals surface area contributed by atoms with Gasteiger partial charge in [0, 0.05) is 5.69 Å². The topological polar surface area (TPSA) is 38.0 Å². The quantitative estimate of drug-likeness (QED) is 0.496. The first kappa shape index (κ1) is 7.92. The molecule has 0 bridgehead atoms. The average molecular weight is 151 g/mol. The third-order valence-corrected chi connectivity index (χ3v) is 1.29. The molecule has 0 fully saturated rings. The van der Waals surface area contributed by atoms with E-state index in [1.54, 1.807) is 20.3 Å². The van der Waals surface area contributed by atoms with Crippen molar-refractivity contribution >= 4 is 18.8 Å². The van der Waals surface area contributed by atoms with Gasteiger partial charge in [0.05, 0.1) is 5.69 Å². The highest BCUT2D eigenvalue weighted by atomic mass is 19.1. The number of hydrogen-bond acceptors (Lipinski definition) is 2. The predicted molar refractivity (Wildman–Crippen MR) is 46.1 cm³/mol. The van der Waals surface area contributed by atoms with E-state index in [4.69, 9.17) is 5.73 Å². The van der Waals surface area contributed by atoms with Crippen LogP contribution >= 0.6 is 0 Å². The molecule has 0 saturated heterocycles. The van der Waals surface area contributed by atoms with E-state index in [1.807, 2.05) is 0 Å². The van der Waals surface area contributed by atoms with Gasteiger partial charge in [-0.25, -0.2) is 4.39 Å². The zero-order valence-corrected chi connectivity index (χ0v) is 6.26. The highest BCUT2D eigenvalue weighted by Gasteiger charge is 1.99. The van der Waals surface area contributed by atoms with Crippen molar-refractivity contribution in [3.05, 3.63) is 24.0 Å². The van der Waals surface area contributed by atoms with E-state index >= 15 is 0 Å². The van der Waals surface area contributed by atoms with Crippen molar-refractivity contribution in [1.82, 2.24) is 0 Å². The summed E-state index contributed by atoms with van der Waals surface area (Å²) in [5, 5.41) is 2.74. The van der Waals surface area contributed by atoms with E-state index in [9.17, 15) is 4.39 Å². The van der Waals surface area contributed by atoms with Gasteiger partial charge in [0.1, 0.15) is 5.82 Å². The van der Waals surface area contributed by atoms with Crippen molar-refractivity contribution in [2.45, 2.75) is 6.82 Å². The summed E-state index contributed by atoms with van der Waals surface area (Å²) in [5.74, 6) is -0.294. The van der Waals surface area contributed by atoms with Crippen LogP contribution in [0.1, 0.15) is 0 Å². The molecule has 1 aromatic carbocycles. The number of nitrogen functional groups attached to an aromatic ring is 1. The van der Waals surface area contributed by atoms with E-state index in [0.29, 0.717) is 11.4 Å². The number of anilines is 2. The summed E-state index contributed by atoms with van der Waals surface area (Å²) >= 11 is 0. The maximum absolute atomic E-state index is 12.8. The summed E-state index contributed by atoms with van der Waals surface area (Å²) in [6, 6.07) is 4.41. The fourth-order valence-corrected chi connectivity index (χ4v) is 0.809. The predicted octanol–water partition coefficient (Wildman–Crippen LogP) is 1.49. The van der Waals surface area contributed by atoms with Crippen LogP contribution < -0.4 is 11.0 Å². The standard InChI is InChI=1S/C7H9BFN2/c1-8-11-7-4-5(10)2-3-6(7)9/h2-4,11H,10H2,1H3. The molecule has 0 aliphatic heterocycles. The molecule has 1 radical (unpaired) electrons. The summed E-state index contributed by atoms with van der Waals surface area (Å²) in [6.45, 7) is 1.78. The number of benzene rings is 1. The van der Waals surface area contributed by atoms with Gasteiger partial charge in [0.15, 0.2) is 0 Å². The molecule has 0 aliphatic rings. The number of nitrogens with two attached hydrogens (primary N) is 1. The first-order valence-corrected chi connectivity index (χ1v) is 3.33. The van der Waals surface area contributed by atoms with Crippen LogP contribution in [0.5, 0.6) is 0 Å². The van der Waals surface area contributed by atoms with Gasteiger partial charge in [0.25, 0.3) is 0 Å². The van der Waals surface area contributed by atoms with Gasteiger partial charge in [-0.1, -0.05) is 6.82 Å². The number of rotatable bonds is 2. The zero-order valence-electron chi connectivity index (χ0n) is 6.26. The molecule has 1 aromatic rings. The normalized spacial score (nSPS) is 9.27. The van der Waals surface area contributed by atoms with Crippen LogP contribution in [0.3, 0.4) is 0 Å². The molecule has 0 unspecified atom stereocenters. The minimum Gasteiger partial charge on any atom is -0.430 e. The molecular formula is C7H9BFN2. The molecule has 0 saturated carbocycles. The van der Waals surface area contributed by atoms with Crippen molar-refractivity contribution in [1.29, 1.82) is 0 Å². The second-order valence-corrected chi connectivity index (χ2v) is 2.17. The second-order valence-electron chi connectivity index (χ2n) is 2.17. The van der Waals surface area contributed by atoms with E-state index < -0.39 is 0 Å². The van der Waals surface area contributed by atoms with E-state index in [1.165, 1.54) is 12.1 Å². The van der Waals surface area contributed by atoms with Crippen LogP contribution in [0.15, 0.2) is 18.2 Å². The lowest BCUT2D eigenvalue weighted by molar-refractivity contribution is 0.632. The molecule has 0 amide bonds. The van der Waals surface area contributed by atoms with Crippen LogP contribution in [0.25, 0.3) is 0 Å². The zero-order chi connectivity index (χ0) is 8.27. The Morgan fingerprint density at radius 1 is 1.55 bits per heavy atom. The molecule has 0 spiro atoms. The number of hydrogen-bond donors (Lipinski definition) is 2. The maximum atomic E-state index is 12.8. The molecule has 1 rings (SSSR count). The lowest BCUT2D eigenvalue weighted by atomic mass is 9.99. The molecule has 0 heterocycles. The van der Waals surface area contributed by atoms with Gasteiger partial charge < -0.3 is 11.0 Å². The Hall–Kier alpha value is -1.19. The third-order valence-electron chi connectivity index (χ3n) is 1.29. The Kier molecular flexibility index (Phi) is 2.36. The maximum Gasteiger partial charge on any atom is 0.239 e. The summed E-state index contributed by atoms with van der Waals surface area (Å²) in [7, 11) is 1.65. The molecule has 0 aliphatic carbocycles. The van der Waals surface area contributed by atoms with Crippen LogP contribution in [-0.4, -0.2) is 7.41 Å². The van der Waals surface area contributed by atoms with Gasteiger partial charge in [0.2, 0.25) is 7.41 Å². The average Bonchev–Trinajstić information content (AvgIpc) is 1.98. The van der Waals surface area contributed by atoms with Gasteiger partial charge >= 0.3 is 0 Å². The summed E-state index contributed by atoms with van der Waals surface area (Å²) < 4.78 is 12.8. The van der Waals surface area contributed by atoms with Crippen LogP contribution in [0.2, 0.25) is 6.82 Å². The summed E-state index contributed by atoms with van der Waals surface area (Å²) in [4.78, 5) is 0. The highest BCUT2D eigenvalue weighted by molar-refractivity contribution is 6.38. The highest BCUT2D eigenvalue weighted by Crippen LogP contribution is 2.16. The van der Waals surface area contributed by atoms with Crippen molar-refractivity contribution in [3.8, 4) is 0 Å². The Balaban J connectivity index is 2.93. The van der Waals surface area contributed by atoms with Crippen molar-refractivity contribution in [2.24, 2.45) is 0 Å². The Bertz CT molecular complexity index is 252. The third kappa shape index (κ3) is 1.87. The minimum absolute atomic E-state index is 0.294. The van der Waals surface area contributed by atoms with Gasteiger partial charge in [-0.3, -0.25) is 0 Å². The smallest absolute Gasteiger partial charge is 0.239 e. The Morgan fingerprint density at radius 2 is 2.27 bits per heavy atom. The van der Waals surface area contributed by atoms with Crippen molar-refractivity contribution < 1.29 is 4.39 Å². The molecule has 57 valence electrons. The van der Waals surface area contributed by atoms with Crippen LogP contribution in [0, 0.1) is 5.82 Å². The van der Waals surface area contributed by atoms with Crippen LogP contribution in [-0.2, 0) is 0 Å². The molecule has 0 aromatic heterocycles. The van der Waals surface area contributed by atoms with Crippen molar-refractivity contribution in [3.63, 3.8) is 0 Å². The molecule has 0 atom stereocenters. The fraction of sp³-hybridized carbons (Fsp3) is 0.143. The number of halogens is 1. The second kappa shape index (κ2) is 3.28. The fourth-order valence-electron chi connectivity index (χ4n) is 0.809. The molecular weight excluding hydrogens is 142 g/mol. The minimum atomic E-state index is -0.294. The van der Waals surface area contributed by atoms with E-state index in [0.717, 1.165) is 0 Å².